The van der Waals surface area contributed by atoms with Crippen LogP contribution in [0.2, 0.25) is 0 Å². The van der Waals surface area contributed by atoms with E-state index in [1.165, 1.54) is 6.21 Å². The number of anilines is 1. The van der Waals surface area contributed by atoms with Crippen LogP contribution in [-0.4, -0.2) is 30.4 Å². The molecule has 0 bridgehead atoms. The molecule has 0 heterocycles. The monoisotopic (exact) mass is 327 g/mol. The number of hydrazone groups is 1. The third-order valence-electron chi connectivity index (χ3n) is 3.23. The lowest BCUT2D eigenvalue weighted by atomic mass is 10.2. The van der Waals surface area contributed by atoms with Gasteiger partial charge in [-0.2, -0.15) is 5.10 Å². The summed E-state index contributed by atoms with van der Waals surface area (Å²) in [5.74, 6) is 0.0937. The summed E-state index contributed by atoms with van der Waals surface area (Å²) in [6, 6.07) is 12.8. The smallest absolute Gasteiger partial charge is 0.259 e. The third kappa shape index (κ3) is 5.01. The summed E-state index contributed by atoms with van der Waals surface area (Å²) in [6.07, 6.45) is 1.38. The maximum atomic E-state index is 11.8. The molecule has 6 nitrogen and oxygen atoms in total. The van der Waals surface area contributed by atoms with Gasteiger partial charge in [0.05, 0.1) is 19.4 Å². The molecule has 126 valence electrons. The molecule has 24 heavy (non-hydrogen) atoms. The predicted octanol–water partition coefficient (Wildman–Crippen LogP) is 2.66. The van der Waals surface area contributed by atoms with Gasteiger partial charge in [-0.15, -0.1) is 0 Å². The van der Waals surface area contributed by atoms with Crippen LogP contribution in [0.3, 0.4) is 0 Å². The molecular weight excluding hydrogens is 306 g/mol. The van der Waals surface area contributed by atoms with E-state index < -0.39 is 0 Å². The number of amides is 1. The zero-order valence-electron chi connectivity index (χ0n) is 13.7. The minimum Gasteiger partial charge on any atom is -0.504 e. The number of benzene rings is 2. The normalized spacial score (nSPS) is 10.6. The third-order valence-corrected chi connectivity index (χ3v) is 3.23. The fraction of sp³-hybridized carbons (Fsp3) is 0.222. The number of aromatic hydroxyl groups is 1. The topological polar surface area (TPSA) is 83.0 Å². The standard InChI is InChI=1S/C18H21N3O3/c1-3-24-16-6-4-5-14(18(16)23)11-20-21-17(22)12-19-15-9-7-13(2)8-10-15/h4-11,19,23H,3,12H2,1-2H3,(H,21,22)/b20-11+. The highest BCUT2D eigenvalue weighted by molar-refractivity contribution is 5.87. The first kappa shape index (κ1) is 17.3. The minimum absolute atomic E-state index is 0.00451. The fourth-order valence-electron chi connectivity index (χ4n) is 1.98. The van der Waals surface area contributed by atoms with E-state index in [1.54, 1.807) is 18.2 Å². The summed E-state index contributed by atoms with van der Waals surface area (Å²) in [5, 5.41) is 16.9. The number of para-hydroxylation sites is 1. The number of carbonyl (C=O) groups is 1. The second-order valence-corrected chi connectivity index (χ2v) is 5.14. The van der Waals surface area contributed by atoms with Crippen LogP contribution in [0.25, 0.3) is 0 Å². The Kier molecular flexibility index (Phi) is 6.19. The van der Waals surface area contributed by atoms with Crippen LogP contribution in [0.15, 0.2) is 47.6 Å². The van der Waals surface area contributed by atoms with Gasteiger partial charge < -0.3 is 15.2 Å². The Balaban J connectivity index is 1.86. The van der Waals surface area contributed by atoms with E-state index in [1.807, 2.05) is 38.1 Å². The number of hydrogen-bond acceptors (Lipinski definition) is 5. The molecule has 0 aliphatic heterocycles. The van der Waals surface area contributed by atoms with Gasteiger partial charge in [0.1, 0.15) is 0 Å². The van der Waals surface area contributed by atoms with Gasteiger partial charge in [0.25, 0.3) is 5.91 Å². The highest BCUT2D eigenvalue weighted by Gasteiger charge is 2.06. The highest BCUT2D eigenvalue weighted by atomic mass is 16.5. The Morgan fingerprint density at radius 2 is 2.00 bits per heavy atom. The molecule has 0 aliphatic rings. The van der Waals surface area contributed by atoms with Crippen molar-refractivity contribution in [2.45, 2.75) is 13.8 Å². The molecule has 2 rings (SSSR count). The fourth-order valence-corrected chi connectivity index (χ4v) is 1.98. The van der Waals surface area contributed by atoms with Crippen molar-refractivity contribution in [2.24, 2.45) is 5.10 Å². The molecule has 1 amide bonds. The van der Waals surface area contributed by atoms with Gasteiger partial charge in [0.2, 0.25) is 0 Å². The molecule has 0 aliphatic carbocycles. The van der Waals surface area contributed by atoms with Crippen molar-refractivity contribution in [1.29, 1.82) is 0 Å². The van der Waals surface area contributed by atoms with Crippen molar-refractivity contribution in [3.05, 3.63) is 53.6 Å². The number of phenols is 1. The minimum atomic E-state index is -0.285. The van der Waals surface area contributed by atoms with Crippen LogP contribution in [0.4, 0.5) is 5.69 Å². The molecule has 0 atom stereocenters. The lowest BCUT2D eigenvalue weighted by Gasteiger charge is -2.07. The molecule has 0 radical (unpaired) electrons. The zero-order valence-corrected chi connectivity index (χ0v) is 13.7. The first-order valence-corrected chi connectivity index (χ1v) is 7.67. The summed E-state index contributed by atoms with van der Waals surface area (Å²) in [5.41, 5.74) is 4.89. The van der Waals surface area contributed by atoms with Crippen LogP contribution in [0.5, 0.6) is 11.5 Å². The van der Waals surface area contributed by atoms with Crippen LogP contribution < -0.4 is 15.5 Å². The van der Waals surface area contributed by atoms with Gasteiger partial charge in [-0.05, 0) is 38.1 Å². The Labute approximate surface area is 141 Å². The molecular formula is C18H21N3O3. The Morgan fingerprint density at radius 1 is 1.25 bits per heavy atom. The summed E-state index contributed by atoms with van der Waals surface area (Å²) in [4.78, 5) is 11.8. The number of rotatable bonds is 7. The molecule has 0 unspecified atom stereocenters. The van der Waals surface area contributed by atoms with E-state index in [-0.39, 0.29) is 18.2 Å². The molecule has 0 spiro atoms. The summed E-state index contributed by atoms with van der Waals surface area (Å²) in [7, 11) is 0. The second-order valence-electron chi connectivity index (χ2n) is 5.14. The van der Waals surface area contributed by atoms with Crippen LogP contribution in [-0.2, 0) is 4.79 Å². The number of aryl methyl sites for hydroxylation is 1. The van der Waals surface area contributed by atoms with Gasteiger partial charge >= 0.3 is 0 Å². The first-order valence-electron chi connectivity index (χ1n) is 7.67. The first-order chi connectivity index (χ1) is 11.6. The molecule has 0 fully saturated rings. The number of nitrogens with zero attached hydrogens (tertiary/aromatic N) is 1. The number of hydrogen-bond donors (Lipinski definition) is 3. The number of carbonyl (C=O) groups excluding carboxylic acids is 1. The zero-order chi connectivity index (χ0) is 17.4. The Morgan fingerprint density at radius 3 is 2.71 bits per heavy atom. The van der Waals surface area contributed by atoms with E-state index in [2.05, 4.69) is 15.8 Å². The van der Waals surface area contributed by atoms with Crippen molar-refractivity contribution < 1.29 is 14.6 Å². The molecule has 0 saturated heterocycles. The lowest BCUT2D eigenvalue weighted by Crippen LogP contribution is -2.25. The van der Waals surface area contributed by atoms with Crippen molar-refractivity contribution >= 4 is 17.8 Å². The van der Waals surface area contributed by atoms with Gasteiger partial charge in [0, 0.05) is 11.3 Å². The molecule has 0 saturated carbocycles. The molecule has 2 aromatic rings. The maximum Gasteiger partial charge on any atom is 0.259 e. The quantitative estimate of drug-likeness (QED) is 0.539. The van der Waals surface area contributed by atoms with E-state index in [0.29, 0.717) is 17.9 Å². The van der Waals surface area contributed by atoms with Crippen LogP contribution in [0.1, 0.15) is 18.1 Å². The average Bonchev–Trinajstić information content (AvgIpc) is 2.58. The van der Waals surface area contributed by atoms with Gasteiger partial charge in [-0.1, -0.05) is 23.8 Å². The summed E-state index contributed by atoms with van der Waals surface area (Å²) < 4.78 is 5.29. The Bertz CT molecular complexity index is 712. The predicted molar refractivity (Wildman–Crippen MR) is 94.7 cm³/mol. The highest BCUT2D eigenvalue weighted by Crippen LogP contribution is 2.28. The van der Waals surface area contributed by atoms with Gasteiger partial charge in [-0.3, -0.25) is 4.79 Å². The van der Waals surface area contributed by atoms with E-state index in [0.717, 1.165) is 11.3 Å². The molecule has 0 aromatic heterocycles. The molecule has 6 heteroatoms. The van der Waals surface area contributed by atoms with Crippen molar-refractivity contribution in [3.8, 4) is 11.5 Å². The van der Waals surface area contributed by atoms with Crippen molar-refractivity contribution in [1.82, 2.24) is 5.43 Å². The van der Waals surface area contributed by atoms with Crippen LogP contribution in [0, 0.1) is 6.92 Å². The average molecular weight is 327 g/mol. The van der Waals surface area contributed by atoms with Gasteiger partial charge in [0.15, 0.2) is 11.5 Å². The number of ether oxygens (including phenoxy) is 1. The molecule has 2 aromatic carbocycles. The maximum absolute atomic E-state index is 11.8. The molecule has 3 N–H and O–H groups in total. The van der Waals surface area contributed by atoms with E-state index in [9.17, 15) is 9.90 Å². The number of phenolic OH excluding ortho intramolecular Hbond substituents is 1. The summed E-state index contributed by atoms with van der Waals surface area (Å²) in [6.45, 7) is 4.39. The van der Waals surface area contributed by atoms with E-state index in [4.69, 9.17) is 4.74 Å². The number of nitrogens with one attached hydrogen (secondary N) is 2. The largest absolute Gasteiger partial charge is 0.504 e. The lowest BCUT2D eigenvalue weighted by molar-refractivity contribution is -0.119. The van der Waals surface area contributed by atoms with E-state index >= 15 is 0 Å². The van der Waals surface area contributed by atoms with Gasteiger partial charge in [-0.25, -0.2) is 5.43 Å². The SMILES string of the molecule is CCOc1cccc(/C=N/NC(=O)CNc2ccc(C)cc2)c1O. The second kappa shape index (κ2) is 8.57. The van der Waals surface area contributed by atoms with Crippen molar-refractivity contribution in [2.75, 3.05) is 18.5 Å². The Hall–Kier alpha value is -3.02. The summed E-state index contributed by atoms with van der Waals surface area (Å²) >= 11 is 0. The van der Waals surface area contributed by atoms with Crippen LogP contribution >= 0.6 is 0 Å². The van der Waals surface area contributed by atoms with Crippen molar-refractivity contribution in [3.63, 3.8) is 0 Å².